The number of para-hydroxylation sites is 1. The first-order valence-electron chi connectivity index (χ1n) is 9.64. The monoisotopic (exact) mass is 393 g/mol. The highest BCUT2D eigenvalue weighted by Gasteiger charge is 2.19. The van der Waals surface area contributed by atoms with Crippen LogP contribution < -0.4 is 15.1 Å². The fourth-order valence-electron chi connectivity index (χ4n) is 3.39. The smallest absolute Gasteiger partial charge is 0.227 e. The van der Waals surface area contributed by atoms with Crippen molar-refractivity contribution in [3.8, 4) is 0 Å². The Morgan fingerprint density at radius 1 is 0.857 bits per heavy atom. The van der Waals surface area contributed by atoms with Crippen LogP contribution in [0.2, 0.25) is 5.02 Å². The summed E-state index contributed by atoms with van der Waals surface area (Å²) < 4.78 is 0. The minimum Gasteiger partial charge on any atom is -0.370 e. The molecule has 1 N–H and O–H groups in total. The fourth-order valence-corrected chi connectivity index (χ4v) is 3.51. The van der Waals surface area contributed by atoms with Gasteiger partial charge in [0.2, 0.25) is 5.95 Å². The molecule has 6 heteroatoms. The number of hydrogen-bond donors (Lipinski definition) is 1. The zero-order valence-electron chi connectivity index (χ0n) is 15.8. The first-order chi connectivity index (χ1) is 13.8. The number of rotatable bonds is 6. The number of anilines is 3. The third kappa shape index (κ3) is 4.73. The van der Waals surface area contributed by atoms with E-state index in [-0.39, 0.29) is 0 Å². The number of hydrogen-bond acceptors (Lipinski definition) is 5. The molecule has 1 aromatic heterocycles. The van der Waals surface area contributed by atoms with Gasteiger partial charge in [0.25, 0.3) is 0 Å². The van der Waals surface area contributed by atoms with E-state index in [9.17, 15) is 0 Å². The average molecular weight is 394 g/mol. The van der Waals surface area contributed by atoms with Gasteiger partial charge in [-0.2, -0.15) is 4.98 Å². The predicted molar refractivity (Wildman–Crippen MR) is 117 cm³/mol. The minimum atomic E-state index is 0.768. The number of piperazine rings is 1. The van der Waals surface area contributed by atoms with Crippen molar-refractivity contribution in [1.82, 2.24) is 9.97 Å². The normalized spacial score (nSPS) is 14.2. The van der Waals surface area contributed by atoms with Crippen LogP contribution in [0, 0.1) is 0 Å². The van der Waals surface area contributed by atoms with Gasteiger partial charge >= 0.3 is 0 Å². The van der Waals surface area contributed by atoms with Gasteiger partial charge in [0.1, 0.15) is 5.82 Å². The Bertz CT molecular complexity index is 877. The Labute approximate surface area is 171 Å². The van der Waals surface area contributed by atoms with Gasteiger partial charge in [0, 0.05) is 49.6 Å². The van der Waals surface area contributed by atoms with Crippen LogP contribution in [0.15, 0.2) is 66.9 Å². The third-order valence-corrected chi connectivity index (χ3v) is 5.21. The molecular weight excluding hydrogens is 370 g/mol. The summed E-state index contributed by atoms with van der Waals surface area (Å²) in [4.78, 5) is 13.8. The highest BCUT2D eigenvalue weighted by molar-refractivity contribution is 6.30. The summed E-state index contributed by atoms with van der Waals surface area (Å²) in [7, 11) is 0. The summed E-state index contributed by atoms with van der Waals surface area (Å²) >= 11 is 5.94. The Morgan fingerprint density at radius 2 is 1.57 bits per heavy atom. The largest absolute Gasteiger partial charge is 0.370 e. The molecule has 1 saturated heterocycles. The van der Waals surface area contributed by atoms with Crippen LogP contribution in [0.4, 0.5) is 17.5 Å². The molecule has 0 spiro atoms. The molecule has 0 bridgehead atoms. The molecule has 1 aliphatic heterocycles. The fraction of sp³-hybridized carbons (Fsp3) is 0.273. The Hall–Kier alpha value is -2.79. The van der Waals surface area contributed by atoms with E-state index in [4.69, 9.17) is 16.6 Å². The van der Waals surface area contributed by atoms with E-state index in [1.807, 2.05) is 24.4 Å². The van der Waals surface area contributed by atoms with E-state index in [0.29, 0.717) is 0 Å². The maximum atomic E-state index is 5.94. The average Bonchev–Trinajstić information content (AvgIpc) is 2.76. The zero-order chi connectivity index (χ0) is 19.2. The second-order valence-corrected chi connectivity index (χ2v) is 7.29. The summed E-state index contributed by atoms with van der Waals surface area (Å²) in [6.45, 7) is 4.61. The van der Waals surface area contributed by atoms with Crippen LogP contribution in [-0.4, -0.2) is 42.7 Å². The van der Waals surface area contributed by atoms with Crippen LogP contribution in [0.5, 0.6) is 0 Å². The molecule has 0 unspecified atom stereocenters. The Morgan fingerprint density at radius 3 is 2.32 bits per heavy atom. The van der Waals surface area contributed by atoms with Gasteiger partial charge in [-0.1, -0.05) is 41.9 Å². The van der Waals surface area contributed by atoms with Crippen LogP contribution in [0.1, 0.15) is 5.56 Å². The SMILES string of the molecule is Clc1ccc(CCNc2ccnc(N3CCN(c4ccccc4)CC3)n2)cc1. The quantitative estimate of drug-likeness (QED) is 0.682. The van der Waals surface area contributed by atoms with Crippen LogP contribution >= 0.6 is 11.6 Å². The van der Waals surface area contributed by atoms with Gasteiger partial charge in [-0.25, -0.2) is 4.98 Å². The molecule has 0 aliphatic carbocycles. The molecule has 0 radical (unpaired) electrons. The molecule has 0 saturated carbocycles. The van der Waals surface area contributed by atoms with Gasteiger partial charge in [-0.15, -0.1) is 0 Å². The van der Waals surface area contributed by atoms with Crippen molar-refractivity contribution in [3.05, 3.63) is 77.4 Å². The van der Waals surface area contributed by atoms with Crippen LogP contribution in [0.25, 0.3) is 0 Å². The van der Waals surface area contributed by atoms with E-state index in [1.54, 1.807) is 0 Å². The van der Waals surface area contributed by atoms with Crippen LogP contribution in [-0.2, 0) is 6.42 Å². The van der Waals surface area contributed by atoms with Crippen molar-refractivity contribution in [1.29, 1.82) is 0 Å². The molecule has 0 amide bonds. The van der Waals surface area contributed by atoms with Gasteiger partial charge in [-0.05, 0) is 42.3 Å². The third-order valence-electron chi connectivity index (χ3n) is 4.96. The van der Waals surface area contributed by atoms with Gasteiger partial charge < -0.3 is 15.1 Å². The molecule has 144 valence electrons. The maximum Gasteiger partial charge on any atom is 0.227 e. The zero-order valence-corrected chi connectivity index (χ0v) is 16.5. The molecule has 2 heterocycles. The van der Waals surface area contributed by atoms with Crippen molar-refractivity contribution in [2.75, 3.05) is 47.8 Å². The summed E-state index contributed by atoms with van der Waals surface area (Å²) in [5.41, 5.74) is 2.53. The lowest BCUT2D eigenvalue weighted by Gasteiger charge is -2.36. The van der Waals surface area contributed by atoms with Crippen molar-refractivity contribution < 1.29 is 0 Å². The predicted octanol–water partition coefficient (Wildman–Crippen LogP) is 4.11. The molecule has 1 aliphatic rings. The van der Waals surface area contributed by atoms with E-state index in [0.717, 1.165) is 55.9 Å². The van der Waals surface area contributed by atoms with Crippen molar-refractivity contribution in [2.45, 2.75) is 6.42 Å². The molecule has 1 fully saturated rings. The van der Waals surface area contributed by atoms with E-state index >= 15 is 0 Å². The number of nitrogens with zero attached hydrogens (tertiary/aromatic N) is 4. The summed E-state index contributed by atoms with van der Waals surface area (Å²) in [6, 6.07) is 20.4. The first kappa shape index (κ1) is 18.6. The van der Waals surface area contributed by atoms with E-state index in [1.165, 1.54) is 11.3 Å². The Kier molecular flexibility index (Phi) is 5.92. The lowest BCUT2D eigenvalue weighted by Crippen LogP contribution is -2.47. The molecule has 2 aromatic carbocycles. The second-order valence-electron chi connectivity index (χ2n) is 6.85. The van der Waals surface area contributed by atoms with Crippen molar-refractivity contribution in [3.63, 3.8) is 0 Å². The van der Waals surface area contributed by atoms with Gasteiger partial charge in [0.15, 0.2) is 0 Å². The standard InChI is InChI=1S/C22H24ClN5/c23-19-8-6-18(7-9-19)10-12-24-21-11-13-25-22(26-21)28-16-14-27(15-17-28)20-4-2-1-3-5-20/h1-9,11,13H,10,12,14-17H2,(H,24,25,26). The summed E-state index contributed by atoms with van der Waals surface area (Å²) in [5.74, 6) is 1.66. The minimum absolute atomic E-state index is 0.768. The molecule has 0 atom stereocenters. The number of aromatic nitrogens is 2. The molecule has 28 heavy (non-hydrogen) atoms. The van der Waals surface area contributed by atoms with E-state index < -0.39 is 0 Å². The van der Waals surface area contributed by atoms with Crippen LogP contribution in [0.3, 0.4) is 0 Å². The number of benzene rings is 2. The maximum absolute atomic E-state index is 5.94. The van der Waals surface area contributed by atoms with Gasteiger partial charge in [0.05, 0.1) is 0 Å². The summed E-state index contributed by atoms with van der Waals surface area (Å²) in [5, 5.41) is 4.17. The highest BCUT2D eigenvalue weighted by Crippen LogP contribution is 2.18. The lowest BCUT2D eigenvalue weighted by atomic mass is 10.1. The molecular formula is C22H24ClN5. The first-order valence-corrected chi connectivity index (χ1v) is 10.0. The topological polar surface area (TPSA) is 44.3 Å². The molecule has 3 aromatic rings. The number of nitrogens with one attached hydrogen (secondary N) is 1. The molecule has 4 rings (SSSR count). The molecule has 5 nitrogen and oxygen atoms in total. The van der Waals surface area contributed by atoms with Crippen molar-refractivity contribution >= 4 is 29.1 Å². The summed E-state index contributed by atoms with van der Waals surface area (Å²) in [6.07, 6.45) is 2.75. The Balaban J connectivity index is 1.31. The highest BCUT2D eigenvalue weighted by atomic mass is 35.5. The second kappa shape index (κ2) is 8.93. The lowest BCUT2D eigenvalue weighted by molar-refractivity contribution is 0.640. The van der Waals surface area contributed by atoms with Gasteiger partial charge in [-0.3, -0.25) is 0 Å². The van der Waals surface area contributed by atoms with Crippen molar-refractivity contribution in [2.24, 2.45) is 0 Å². The van der Waals surface area contributed by atoms with E-state index in [2.05, 4.69) is 62.6 Å². The number of halogens is 1.